The number of rotatable bonds is 5. The number of ether oxygens (including phenoxy) is 2. The first-order chi connectivity index (χ1) is 17.3. The first-order valence-corrected chi connectivity index (χ1v) is 12.5. The van der Waals surface area contributed by atoms with E-state index in [9.17, 15) is 9.59 Å². The zero-order valence-electron chi connectivity index (χ0n) is 19.0. The summed E-state index contributed by atoms with van der Waals surface area (Å²) in [6, 6.07) is 18.0. The number of methoxy groups -OCH3 is 1. The normalized spacial score (nSPS) is 11.4. The van der Waals surface area contributed by atoms with Crippen molar-refractivity contribution in [3.63, 3.8) is 0 Å². The molecule has 180 valence electrons. The van der Waals surface area contributed by atoms with Crippen molar-refractivity contribution in [1.82, 2.24) is 9.66 Å². The molecule has 0 atom stereocenters. The van der Waals surface area contributed by atoms with Crippen LogP contribution in [0.5, 0.6) is 11.5 Å². The first-order valence-electron chi connectivity index (χ1n) is 10.7. The van der Waals surface area contributed by atoms with Crippen LogP contribution >= 0.6 is 38.5 Å². The van der Waals surface area contributed by atoms with Crippen LogP contribution in [-0.2, 0) is 4.79 Å². The van der Waals surface area contributed by atoms with Gasteiger partial charge in [0.25, 0.3) is 5.56 Å². The van der Waals surface area contributed by atoms with Crippen LogP contribution in [0.1, 0.15) is 12.5 Å². The Kier molecular flexibility index (Phi) is 6.63. The first kappa shape index (κ1) is 24.2. The van der Waals surface area contributed by atoms with Crippen molar-refractivity contribution in [2.45, 2.75) is 6.92 Å². The summed E-state index contributed by atoms with van der Waals surface area (Å²) in [5.74, 6) is 0.900. The van der Waals surface area contributed by atoms with Crippen LogP contribution in [0.4, 0.5) is 0 Å². The maximum Gasteiger partial charge on any atom is 0.308 e. The second-order valence-corrected chi connectivity index (χ2v) is 9.81. The van der Waals surface area contributed by atoms with Gasteiger partial charge in [0.05, 0.1) is 27.8 Å². The predicted molar refractivity (Wildman–Crippen MR) is 149 cm³/mol. The second kappa shape index (κ2) is 9.86. The van der Waals surface area contributed by atoms with Gasteiger partial charge in [0.2, 0.25) is 5.82 Å². The summed E-state index contributed by atoms with van der Waals surface area (Å²) in [6.07, 6.45) is 1.52. The summed E-state index contributed by atoms with van der Waals surface area (Å²) >= 11 is 5.52. The zero-order chi connectivity index (χ0) is 25.4. The highest BCUT2D eigenvalue weighted by atomic mass is 127. The highest BCUT2D eigenvalue weighted by Crippen LogP contribution is 2.34. The quantitative estimate of drug-likeness (QED) is 0.0997. The predicted octanol–water partition coefficient (Wildman–Crippen LogP) is 5.99. The second-order valence-electron chi connectivity index (χ2n) is 7.73. The summed E-state index contributed by atoms with van der Waals surface area (Å²) in [5, 5.41) is 5.76. The molecule has 8 nitrogen and oxygen atoms in total. The van der Waals surface area contributed by atoms with Gasteiger partial charge in [-0.05, 0) is 76.7 Å². The van der Waals surface area contributed by atoms with Gasteiger partial charge in [-0.2, -0.15) is 9.78 Å². The lowest BCUT2D eigenvalue weighted by Gasteiger charge is -2.11. The molecule has 0 N–H and O–H groups in total. The number of nitrogens with zero attached hydrogens (tertiary/aromatic N) is 3. The molecule has 10 heteroatoms. The molecule has 0 unspecified atom stereocenters. The molecule has 0 aliphatic heterocycles. The van der Waals surface area contributed by atoms with Crippen molar-refractivity contribution in [3.8, 4) is 23.1 Å². The molecule has 0 amide bonds. The molecule has 0 bridgehead atoms. The summed E-state index contributed by atoms with van der Waals surface area (Å²) in [4.78, 5) is 29.6. The molecule has 5 aromatic rings. The molecule has 0 fully saturated rings. The summed E-state index contributed by atoms with van der Waals surface area (Å²) in [6.45, 7) is 1.32. The molecular weight excluding hydrogens is 641 g/mol. The Balaban J connectivity index is 1.67. The molecular formula is C26H17BrIN3O5. The third-order valence-corrected chi connectivity index (χ3v) is 6.57. The lowest BCUT2D eigenvalue weighted by Crippen LogP contribution is -2.20. The van der Waals surface area contributed by atoms with E-state index in [0.29, 0.717) is 42.9 Å². The monoisotopic (exact) mass is 657 g/mol. The number of hydrogen-bond acceptors (Lipinski definition) is 7. The van der Waals surface area contributed by atoms with Crippen molar-refractivity contribution in [2.75, 3.05) is 7.11 Å². The minimum atomic E-state index is -0.455. The fourth-order valence-electron chi connectivity index (χ4n) is 3.70. The van der Waals surface area contributed by atoms with Gasteiger partial charge in [0.15, 0.2) is 17.3 Å². The van der Waals surface area contributed by atoms with Crippen LogP contribution in [0.15, 0.2) is 79.4 Å². The SMILES string of the molecule is COc1cc(C=Nn2c(-c3cc4cc(Br)ccc4o3)nc3ccccc3c2=O)cc(I)c1OC(C)=O. The van der Waals surface area contributed by atoms with Gasteiger partial charge < -0.3 is 13.9 Å². The van der Waals surface area contributed by atoms with Crippen molar-refractivity contribution >= 4 is 72.6 Å². The van der Waals surface area contributed by atoms with E-state index in [0.717, 1.165) is 9.86 Å². The Morgan fingerprint density at radius 2 is 1.97 bits per heavy atom. The molecule has 2 aromatic heterocycles. The Morgan fingerprint density at radius 1 is 1.17 bits per heavy atom. The van der Waals surface area contributed by atoms with Gasteiger partial charge in [-0.15, -0.1) is 0 Å². The average molecular weight is 658 g/mol. The van der Waals surface area contributed by atoms with Crippen LogP contribution < -0.4 is 15.0 Å². The molecule has 0 aliphatic carbocycles. The molecule has 0 aliphatic rings. The molecule has 0 saturated heterocycles. The van der Waals surface area contributed by atoms with E-state index in [2.05, 4.69) is 21.0 Å². The van der Waals surface area contributed by atoms with E-state index in [1.165, 1.54) is 24.9 Å². The molecule has 2 heterocycles. The van der Waals surface area contributed by atoms with Gasteiger partial charge >= 0.3 is 5.97 Å². The molecule has 5 rings (SSSR count). The number of carbonyl (C=O) groups excluding carboxylic acids is 1. The maximum atomic E-state index is 13.5. The van der Waals surface area contributed by atoms with Crippen LogP contribution in [0.3, 0.4) is 0 Å². The van der Waals surface area contributed by atoms with E-state index in [-0.39, 0.29) is 11.4 Å². The van der Waals surface area contributed by atoms with Gasteiger partial charge in [-0.3, -0.25) is 9.59 Å². The average Bonchev–Trinajstić information content (AvgIpc) is 3.27. The molecule has 0 spiro atoms. The van der Waals surface area contributed by atoms with Gasteiger partial charge in [-0.1, -0.05) is 28.1 Å². The Bertz CT molecular complexity index is 1740. The van der Waals surface area contributed by atoms with Crippen molar-refractivity contribution in [2.24, 2.45) is 5.10 Å². The third-order valence-electron chi connectivity index (χ3n) is 5.27. The smallest absolute Gasteiger partial charge is 0.308 e. The van der Waals surface area contributed by atoms with E-state index in [4.69, 9.17) is 18.9 Å². The minimum absolute atomic E-state index is 0.264. The number of carbonyl (C=O) groups is 1. The Hall–Kier alpha value is -3.51. The fourth-order valence-corrected chi connectivity index (χ4v) is 4.81. The maximum absolute atomic E-state index is 13.5. The lowest BCUT2D eigenvalue weighted by atomic mass is 10.2. The van der Waals surface area contributed by atoms with E-state index < -0.39 is 5.97 Å². The number of para-hydroxylation sites is 1. The van der Waals surface area contributed by atoms with Gasteiger partial charge in [0, 0.05) is 16.8 Å². The van der Waals surface area contributed by atoms with Crippen molar-refractivity contribution in [1.29, 1.82) is 0 Å². The molecule has 0 radical (unpaired) electrons. The zero-order valence-corrected chi connectivity index (χ0v) is 22.7. The number of hydrogen-bond donors (Lipinski definition) is 0. The summed E-state index contributed by atoms with van der Waals surface area (Å²) < 4.78 is 19.5. The highest BCUT2D eigenvalue weighted by Gasteiger charge is 2.17. The van der Waals surface area contributed by atoms with Gasteiger partial charge in [0.1, 0.15) is 5.58 Å². The highest BCUT2D eigenvalue weighted by molar-refractivity contribution is 14.1. The number of furan rings is 1. The summed E-state index contributed by atoms with van der Waals surface area (Å²) in [5.41, 5.74) is 1.48. The van der Waals surface area contributed by atoms with Crippen LogP contribution in [-0.4, -0.2) is 29.0 Å². The number of fused-ring (bicyclic) bond motifs is 2. The molecule has 0 saturated carbocycles. The summed E-state index contributed by atoms with van der Waals surface area (Å²) in [7, 11) is 1.48. The Labute approximate surface area is 226 Å². The standard InChI is InChI=1S/C26H17BrIN3O5/c1-14(32)35-24-19(28)9-15(10-22(24)34-2)13-29-31-25(30-20-6-4-3-5-18(20)26(31)33)23-12-16-11-17(27)7-8-21(16)36-23/h3-13H,1-2H3. The number of esters is 1. The van der Waals surface area contributed by atoms with E-state index in [1.54, 1.807) is 30.3 Å². The van der Waals surface area contributed by atoms with Crippen molar-refractivity contribution in [3.05, 3.63) is 84.6 Å². The molecule has 3 aromatic carbocycles. The number of benzene rings is 3. The Morgan fingerprint density at radius 3 is 2.75 bits per heavy atom. The van der Waals surface area contributed by atoms with Crippen LogP contribution in [0.2, 0.25) is 0 Å². The lowest BCUT2D eigenvalue weighted by molar-refractivity contribution is -0.132. The van der Waals surface area contributed by atoms with Gasteiger partial charge in [-0.25, -0.2) is 4.98 Å². The third kappa shape index (κ3) is 4.65. The van der Waals surface area contributed by atoms with E-state index in [1.807, 2.05) is 52.9 Å². The largest absolute Gasteiger partial charge is 0.493 e. The topological polar surface area (TPSA) is 95.9 Å². The number of halogens is 2. The van der Waals surface area contributed by atoms with Crippen LogP contribution in [0.25, 0.3) is 33.5 Å². The molecule has 36 heavy (non-hydrogen) atoms. The fraction of sp³-hybridized carbons (Fsp3) is 0.0769. The van der Waals surface area contributed by atoms with E-state index >= 15 is 0 Å². The minimum Gasteiger partial charge on any atom is -0.493 e. The van der Waals surface area contributed by atoms with Crippen LogP contribution in [0, 0.1) is 3.57 Å². The van der Waals surface area contributed by atoms with Crippen molar-refractivity contribution < 1.29 is 18.7 Å². The number of aromatic nitrogens is 2.